The van der Waals surface area contributed by atoms with Gasteiger partial charge in [0.2, 0.25) is 0 Å². The number of carbonyl (C=O) groups is 2. The van der Waals surface area contributed by atoms with Crippen LogP contribution in [0.5, 0.6) is 0 Å². The lowest BCUT2D eigenvalue weighted by molar-refractivity contribution is -0.130. The van der Waals surface area contributed by atoms with Gasteiger partial charge in [-0.1, -0.05) is 56.7 Å². The number of esters is 2. The Morgan fingerprint density at radius 2 is 1.54 bits per heavy atom. The van der Waals surface area contributed by atoms with Gasteiger partial charge in [0, 0.05) is 5.41 Å². The minimum absolute atomic E-state index is 0.0674. The van der Waals surface area contributed by atoms with E-state index in [9.17, 15) is 9.59 Å². The van der Waals surface area contributed by atoms with Gasteiger partial charge in [-0.3, -0.25) is 0 Å². The average molecular weight is 529 g/mol. The Morgan fingerprint density at radius 3 is 2.18 bits per heavy atom. The van der Waals surface area contributed by atoms with Crippen LogP contribution in [-0.4, -0.2) is 25.2 Å². The Morgan fingerprint density at radius 1 is 0.872 bits per heavy atom. The van der Waals surface area contributed by atoms with Gasteiger partial charge in [0.15, 0.2) is 0 Å². The summed E-state index contributed by atoms with van der Waals surface area (Å²) in [6.07, 6.45) is 10.9. The zero-order valence-corrected chi connectivity index (χ0v) is 23.1. The van der Waals surface area contributed by atoms with E-state index in [-0.39, 0.29) is 22.8 Å². The van der Waals surface area contributed by atoms with Gasteiger partial charge < -0.3 is 13.9 Å². The van der Waals surface area contributed by atoms with Gasteiger partial charge in [0.1, 0.15) is 0 Å². The first kappa shape index (κ1) is 27.2. The third-order valence-corrected chi connectivity index (χ3v) is 9.65. The summed E-state index contributed by atoms with van der Waals surface area (Å²) in [5.74, 6) is 0.608. The molecule has 0 N–H and O–H groups in total. The molecule has 2 aliphatic carbocycles. The van der Waals surface area contributed by atoms with Crippen LogP contribution in [0.1, 0.15) is 78.7 Å². The number of benzene rings is 2. The Labute approximate surface area is 231 Å². The van der Waals surface area contributed by atoms with E-state index in [2.05, 4.69) is 13.8 Å². The van der Waals surface area contributed by atoms with Gasteiger partial charge in [0.25, 0.3) is 0 Å². The van der Waals surface area contributed by atoms with Crippen molar-refractivity contribution in [3.8, 4) is 0 Å². The van der Waals surface area contributed by atoms with E-state index in [1.807, 2.05) is 60.9 Å². The first-order valence-corrected chi connectivity index (χ1v) is 14.3. The molecule has 5 heteroatoms. The summed E-state index contributed by atoms with van der Waals surface area (Å²) >= 11 is 0. The third-order valence-electron chi connectivity index (χ3n) is 9.65. The predicted octanol–water partition coefficient (Wildman–Crippen LogP) is 7.77. The average Bonchev–Trinajstić information content (AvgIpc) is 3.48. The highest BCUT2D eigenvalue weighted by molar-refractivity contribution is 5.89. The number of furan rings is 1. The van der Waals surface area contributed by atoms with E-state index in [0.29, 0.717) is 42.1 Å². The standard InChI is InChI=1S/C34H40O5/c1-33(24-39-32(36)27-12-7-4-8-13-27)19-9-20-34(2)29(16-14-25-18-21-37-22-25)28(15-17-30(33)34)23-38-31(35)26-10-5-3-6-11-26/h3-8,10-13,18,21-22,28-30H,9,14-17,19-20,23-24H2,1-2H3/t28-,29+,30-,33-,34+/m1/s1. The molecular weight excluding hydrogens is 488 g/mol. The van der Waals surface area contributed by atoms with Gasteiger partial charge in [-0.05, 0) is 97.6 Å². The normalized spacial score (nSPS) is 28.3. The first-order valence-electron chi connectivity index (χ1n) is 14.3. The van der Waals surface area contributed by atoms with Gasteiger partial charge >= 0.3 is 11.9 Å². The minimum atomic E-state index is -0.252. The molecule has 0 amide bonds. The SMILES string of the molecule is C[C@]1(COC(=O)c2ccccc2)CCC[C@]2(C)[C@@H]1CC[C@H](COC(=O)c1ccccc1)[C@@H]2CCc1ccoc1. The van der Waals surface area contributed by atoms with Crippen molar-refractivity contribution in [1.82, 2.24) is 0 Å². The van der Waals surface area contributed by atoms with Crippen LogP contribution in [0.25, 0.3) is 0 Å². The Balaban J connectivity index is 1.33. The van der Waals surface area contributed by atoms with Crippen LogP contribution >= 0.6 is 0 Å². The highest BCUT2D eigenvalue weighted by Crippen LogP contribution is 2.62. The summed E-state index contributed by atoms with van der Waals surface area (Å²) in [4.78, 5) is 25.6. The highest BCUT2D eigenvalue weighted by atomic mass is 16.5. The second-order valence-electron chi connectivity index (χ2n) is 12.1. The summed E-state index contributed by atoms with van der Waals surface area (Å²) in [6, 6.07) is 20.5. The van der Waals surface area contributed by atoms with Gasteiger partial charge in [-0.25, -0.2) is 9.59 Å². The number of hydrogen-bond donors (Lipinski definition) is 0. The topological polar surface area (TPSA) is 65.7 Å². The molecule has 39 heavy (non-hydrogen) atoms. The number of hydrogen-bond acceptors (Lipinski definition) is 5. The number of carbonyl (C=O) groups excluding carboxylic acids is 2. The summed E-state index contributed by atoms with van der Waals surface area (Å²) in [7, 11) is 0. The van der Waals surface area contributed by atoms with Crippen molar-refractivity contribution in [2.24, 2.45) is 28.6 Å². The van der Waals surface area contributed by atoms with Crippen molar-refractivity contribution < 1.29 is 23.5 Å². The molecule has 1 aromatic heterocycles. The summed E-state index contributed by atoms with van der Waals surface area (Å²) in [6.45, 7) is 5.63. The maximum absolute atomic E-state index is 12.8. The van der Waals surface area contributed by atoms with Crippen molar-refractivity contribution in [3.05, 3.63) is 95.9 Å². The van der Waals surface area contributed by atoms with Crippen molar-refractivity contribution in [1.29, 1.82) is 0 Å². The highest BCUT2D eigenvalue weighted by Gasteiger charge is 2.56. The van der Waals surface area contributed by atoms with E-state index in [0.717, 1.165) is 44.9 Å². The molecule has 0 saturated heterocycles. The second kappa shape index (κ2) is 11.8. The van der Waals surface area contributed by atoms with Crippen molar-refractivity contribution in [3.63, 3.8) is 0 Å². The van der Waals surface area contributed by atoms with E-state index in [1.54, 1.807) is 18.4 Å². The zero-order valence-electron chi connectivity index (χ0n) is 23.1. The van der Waals surface area contributed by atoms with Gasteiger partial charge in [-0.15, -0.1) is 0 Å². The summed E-state index contributed by atoms with van der Waals surface area (Å²) in [5, 5.41) is 0. The monoisotopic (exact) mass is 528 g/mol. The molecule has 206 valence electrons. The largest absolute Gasteiger partial charge is 0.472 e. The third kappa shape index (κ3) is 5.98. The van der Waals surface area contributed by atoms with Gasteiger partial charge in [-0.2, -0.15) is 0 Å². The lowest BCUT2D eigenvalue weighted by Crippen LogP contribution is -2.54. The smallest absolute Gasteiger partial charge is 0.338 e. The molecule has 1 heterocycles. The molecule has 0 bridgehead atoms. The lowest BCUT2D eigenvalue weighted by atomic mass is 9.45. The minimum Gasteiger partial charge on any atom is -0.472 e. The van der Waals surface area contributed by atoms with Gasteiger partial charge in [0.05, 0.1) is 36.9 Å². The number of ether oxygens (including phenoxy) is 2. The fourth-order valence-corrected chi connectivity index (χ4v) is 7.68. The molecule has 2 aliphatic rings. The first-order chi connectivity index (χ1) is 18.9. The maximum Gasteiger partial charge on any atom is 0.338 e. The van der Waals surface area contributed by atoms with Crippen LogP contribution in [0.3, 0.4) is 0 Å². The lowest BCUT2D eigenvalue weighted by Gasteiger charge is -2.60. The Hall–Kier alpha value is -3.34. The zero-order chi connectivity index (χ0) is 27.3. The van der Waals surface area contributed by atoms with Crippen LogP contribution in [0.2, 0.25) is 0 Å². The van der Waals surface area contributed by atoms with Crippen LogP contribution < -0.4 is 0 Å². The Bertz CT molecular complexity index is 1220. The van der Waals surface area contributed by atoms with E-state index in [4.69, 9.17) is 13.9 Å². The van der Waals surface area contributed by atoms with Crippen LogP contribution in [0.15, 0.2) is 83.7 Å². The molecule has 2 fully saturated rings. The van der Waals surface area contributed by atoms with Crippen molar-refractivity contribution in [2.75, 3.05) is 13.2 Å². The van der Waals surface area contributed by atoms with E-state index < -0.39 is 0 Å². The Kier molecular flexibility index (Phi) is 8.25. The van der Waals surface area contributed by atoms with E-state index >= 15 is 0 Å². The fourth-order valence-electron chi connectivity index (χ4n) is 7.68. The quantitative estimate of drug-likeness (QED) is 0.266. The summed E-state index contributed by atoms with van der Waals surface area (Å²) in [5.41, 5.74) is 2.38. The maximum atomic E-state index is 12.8. The molecule has 0 aliphatic heterocycles. The number of aryl methyl sites for hydroxylation is 1. The van der Waals surface area contributed by atoms with Crippen LogP contribution in [0, 0.1) is 28.6 Å². The predicted molar refractivity (Wildman–Crippen MR) is 150 cm³/mol. The molecule has 0 radical (unpaired) electrons. The van der Waals surface area contributed by atoms with Crippen LogP contribution in [-0.2, 0) is 15.9 Å². The van der Waals surface area contributed by atoms with Crippen LogP contribution in [0.4, 0.5) is 0 Å². The molecular formula is C34H40O5. The molecule has 5 atom stereocenters. The molecule has 3 aromatic rings. The molecule has 5 rings (SSSR count). The molecule has 0 unspecified atom stereocenters. The van der Waals surface area contributed by atoms with Crippen molar-refractivity contribution >= 4 is 11.9 Å². The fraction of sp³-hybridized carbons (Fsp3) is 0.471. The number of rotatable bonds is 9. The van der Waals surface area contributed by atoms with Crippen molar-refractivity contribution in [2.45, 2.75) is 58.8 Å². The second-order valence-corrected chi connectivity index (χ2v) is 12.1. The molecule has 5 nitrogen and oxygen atoms in total. The molecule has 2 aromatic carbocycles. The van der Waals surface area contributed by atoms with E-state index in [1.165, 1.54) is 5.56 Å². The number of fused-ring (bicyclic) bond motifs is 1. The molecule has 0 spiro atoms. The molecule has 2 saturated carbocycles. The summed E-state index contributed by atoms with van der Waals surface area (Å²) < 4.78 is 17.2.